The third kappa shape index (κ3) is 2.75. The number of hydrogen-bond acceptors (Lipinski definition) is 6. The summed E-state index contributed by atoms with van der Waals surface area (Å²) in [5.41, 5.74) is 0.868. The second-order valence-electron chi connectivity index (χ2n) is 8.83. The summed E-state index contributed by atoms with van der Waals surface area (Å²) in [6, 6.07) is 22.6. The van der Waals surface area contributed by atoms with Gasteiger partial charge in [-0.05, 0) is 24.6 Å². The molecule has 2 aliphatic rings. The monoisotopic (exact) mass is 454 g/mol. The fourth-order valence-corrected chi connectivity index (χ4v) is 5.32. The molecule has 3 aromatic carbocycles. The van der Waals surface area contributed by atoms with Gasteiger partial charge in [0.2, 0.25) is 0 Å². The van der Waals surface area contributed by atoms with E-state index in [1.165, 1.54) is 7.11 Å². The van der Waals surface area contributed by atoms with E-state index in [0.717, 1.165) is 16.7 Å². The number of esters is 1. The summed E-state index contributed by atoms with van der Waals surface area (Å²) in [6.45, 7) is 2.01. The molecule has 3 atom stereocenters. The number of methoxy groups -OCH3 is 1. The molecule has 34 heavy (non-hydrogen) atoms. The van der Waals surface area contributed by atoms with Gasteiger partial charge in [0.25, 0.3) is 0 Å². The van der Waals surface area contributed by atoms with Crippen molar-refractivity contribution in [2.75, 3.05) is 13.7 Å². The number of benzene rings is 3. The van der Waals surface area contributed by atoms with Crippen molar-refractivity contribution in [2.45, 2.75) is 18.9 Å². The number of carbonyl (C=O) groups is 1. The number of para-hydroxylation sites is 1. The van der Waals surface area contributed by atoms with Crippen LogP contribution in [-0.2, 0) is 9.53 Å². The van der Waals surface area contributed by atoms with E-state index >= 15 is 0 Å². The predicted octanol–water partition coefficient (Wildman–Crippen LogP) is 4.92. The van der Waals surface area contributed by atoms with E-state index in [0.29, 0.717) is 28.0 Å². The van der Waals surface area contributed by atoms with Crippen molar-refractivity contribution in [2.24, 2.45) is 5.41 Å². The quantitative estimate of drug-likeness (QED) is 0.400. The maximum absolute atomic E-state index is 13.6. The van der Waals surface area contributed by atoms with Crippen molar-refractivity contribution >= 4 is 16.7 Å². The summed E-state index contributed by atoms with van der Waals surface area (Å²) < 4.78 is 24.0. The lowest BCUT2D eigenvalue weighted by Gasteiger charge is -2.49. The van der Waals surface area contributed by atoms with Crippen LogP contribution in [0.15, 0.2) is 82.0 Å². The average molecular weight is 454 g/mol. The van der Waals surface area contributed by atoms with Crippen LogP contribution in [0.4, 0.5) is 0 Å². The Balaban J connectivity index is 1.73. The molecular formula is C28H22O6. The van der Waals surface area contributed by atoms with E-state index in [-0.39, 0.29) is 6.61 Å². The number of ether oxygens (including phenoxy) is 3. The minimum Gasteiger partial charge on any atom is -0.492 e. The average Bonchev–Trinajstić information content (AvgIpc) is 2.88. The summed E-state index contributed by atoms with van der Waals surface area (Å²) in [6.07, 6.45) is -0.734. The maximum Gasteiger partial charge on any atom is 0.344 e. The van der Waals surface area contributed by atoms with Crippen LogP contribution in [0.3, 0.4) is 0 Å². The van der Waals surface area contributed by atoms with Gasteiger partial charge in [-0.1, -0.05) is 66.2 Å². The van der Waals surface area contributed by atoms with Crippen LogP contribution < -0.4 is 15.1 Å². The van der Waals surface area contributed by atoms with Crippen molar-refractivity contribution in [3.8, 4) is 11.5 Å². The van der Waals surface area contributed by atoms with Crippen LogP contribution in [0.25, 0.3) is 10.8 Å². The number of rotatable bonds is 2. The number of hydrogen-bond donors (Lipinski definition) is 0. The highest BCUT2D eigenvalue weighted by atomic mass is 16.5. The molecule has 170 valence electrons. The highest BCUT2D eigenvalue weighted by molar-refractivity contribution is 5.90. The molecule has 6 nitrogen and oxygen atoms in total. The smallest absolute Gasteiger partial charge is 0.344 e. The largest absolute Gasteiger partial charge is 0.492 e. The molecule has 6 heteroatoms. The van der Waals surface area contributed by atoms with E-state index in [9.17, 15) is 9.59 Å². The molecule has 0 unspecified atom stereocenters. The molecule has 0 N–H and O–H groups in total. The summed E-state index contributed by atoms with van der Waals surface area (Å²) in [5, 5.41) is 1.07. The fourth-order valence-electron chi connectivity index (χ4n) is 5.32. The highest BCUT2D eigenvalue weighted by Crippen LogP contribution is 2.61. The molecule has 0 bridgehead atoms. The Labute approximate surface area is 195 Å². The third-order valence-electron chi connectivity index (χ3n) is 6.94. The van der Waals surface area contributed by atoms with Gasteiger partial charge in [0, 0.05) is 10.9 Å². The number of fused-ring (bicyclic) bond motifs is 7. The van der Waals surface area contributed by atoms with Crippen LogP contribution in [0.2, 0.25) is 0 Å². The maximum atomic E-state index is 13.6. The third-order valence-corrected chi connectivity index (χ3v) is 6.94. The molecule has 0 saturated heterocycles. The minimum atomic E-state index is -1.30. The Kier molecular flexibility index (Phi) is 4.52. The first-order chi connectivity index (χ1) is 16.5. The van der Waals surface area contributed by atoms with Gasteiger partial charge in [-0.15, -0.1) is 0 Å². The molecule has 0 fully saturated rings. The Hall–Kier alpha value is -4.06. The minimum absolute atomic E-state index is 0.00980. The highest BCUT2D eigenvalue weighted by Gasteiger charge is 2.63. The molecule has 6 rings (SSSR count). The lowest BCUT2D eigenvalue weighted by Crippen LogP contribution is -2.54. The first-order valence-electron chi connectivity index (χ1n) is 11.1. The van der Waals surface area contributed by atoms with E-state index in [2.05, 4.69) is 0 Å². The molecule has 0 aliphatic carbocycles. The topological polar surface area (TPSA) is 75.0 Å². The van der Waals surface area contributed by atoms with Gasteiger partial charge in [-0.25, -0.2) is 4.79 Å². The molecule has 3 heterocycles. The van der Waals surface area contributed by atoms with E-state index in [4.69, 9.17) is 18.6 Å². The number of carbonyl (C=O) groups excluding carboxylic acids is 1. The van der Waals surface area contributed by atoms with E-state index < -0.39 is 29.0 Å². The van der Waals surface area contributed by atoms with Gasteiger partial charge in [0.1, 0.15) is 18.5 Å². The first-order valence-corrected chi connectivity index (χ1v) is 11.1. The predicted molar refractivity (Wildman–Crippen MR) is 125 cm³/mol. The Morgan fingerprint density at radius 3 is 2.44 bits per heavy atom. The van der Waals surface area contributed by atoms with Gasteiger partial charge in [-0.2, -0.15) is 0 Å². The van der Waals surface area contributed by atoms with Gasteiger partial charge >= 0.3 is 11.6 Å². The van der Waals surface area contributed by atoms with Crippen molar-refractivity contribution in [3.63, 3.8) is 0 Å². The zero-order chi connectivity index (χ0) is 23.4. The van der Waals surface area contributed by atoms with Crippen molar-refractivity contribution in [3.05, 3.63) is 106 Å². The molecule has 1 aromatic heterocycles. The lowest BCUT2D eigenvalue weighted by atomic mass is 9.63. The second kappa shape index (κ2) is 7.48. The fraction of sp³-hybridized carbons (Fsp3) is 0.214. The van der Waals surface area contributed by atoms with Crippen molar-refractivity contribution in [1.82, 2.24) is 0 Å². The summed E-state index contributed by atoms with van der Waals surface area (Å²) in [7, 11) is 1.35. The van der Waals surface area contributed by atoms with Crippen LogP contribution in [0, 0.1) is 12.3 Å². The zero-order valence-corrected chi connectivity index (χ0v) is 18.7. The molecule has 0 radical (unpaired) electrons. The van der Waals surface area contributed by atoms with Crippen molar-refractivity contribution < 1.29 is 23.4 Å². The summed E-state index contributed by atoms with van der Waals surface area (Å²) >= 11 is 0. The Morgan fingerprint density at radius 1 is 0.971 bits per heavy atom. The molecule has 0 spiro atoms. The van der Waals surface area contributed by atoms with Crippen LogP contribution in [0.5, 0.6) is 11.5 Å². The molecule has 0 amide bonds. The van der Waals surface area contributed by atoms with Crippen LogP contribution in [0.1, 0.15) is 34.5 Å². The van der Waals surface area contributed by atoms with Gasteiger partial charge in [-0.3, -0.25) is 4.79 Å². The SMILES string of the molecule is COC(=O)[C@@]12COc3ccccc3[C@@H]1c1oc(=O)c3ccccc3c1O[C@@H]2c1ccc(C)cc1. The second-order valence-corrected chi connectivity index (χ2v) is 8.83. The van der Waals surface area contributed by atoms with Gasteiger partial charge in [0.05, 0.1) is 18.4 Å². The standard InChI is InChI=1S/C28H22O6/c1-16-11-13-17(14-12-16)25-28(27(30)31-2)15-32-21-10-6-5-9-20(21)22(28)24-23(33-25)18-7-3-4-8-19(18)26(29)34-24/h3-14,22,25H,15H2,1-2H3/t22-,25-,28+/m1/s1. The summed E-state index contributed by atoms with van der Waals surface area (Å²) in [4.78, 5) is 26.6. The van der Waals surface area contributed by atoms with Crippen molar-refractivity contribution in [1.29, 1.82) is 0 Å². The molecular weight excluding hydrogens is 432 g/mol. The van der Waals surface area contributed by atoms with Crippen LogP contribution in [-0.4, -0.2) is 19.7 Å². The van der Waals surface area contributed by atoms with Crippen LogP contribution >= 0.6 is 0 Å². The number of aryl methyl sites for hydroxylation is 1. The summed E-state index contributed by atoms with van der Waals surface area (Å²) in [5.74, 6) is 0.282. The van der Waals surface area contributed by atoms with Gasteiger partial charge < -0.3 is 18.6 Å². The first kappa shape index (κ1) is 20.5. The lowest BCUT2D eigenvalue weighted by molar-refractivity contribution is -0.169. The molecule has 4 aromatic rings. The molecule has 0 saturated carbocycles. The zero-order valence-electron chi connectivity index (χ0n) is 18.7. The van der Waals surface area contributed by atoms with E-state index in [1.54, 1.807) is 12.1 Å². The Morgan fingerprint density at radius 2 is 1.68 bits per heavy atom. The van der Waals surface area contributed by atoms with Gasteiger partial charge in [0.15, 0.2) is 16.9 Å². The normalized spacial score (nSPS) is 22.5. The molecule has 2 aliphatic heterocycles. The Bertz CT molecular complexity index is 1490. The van der Waals surface area contributed by atoms with E-state index in [1.807, 2.05) is 67.6 Å².